The topological polar surface area (TPSA) is 66.3 Å². The molecule has 0 spiro atoms. The summed E-state index contributed by atoms with van der Waals surface area (Å²) in [4.78, 5) is 6.71. The fraction of sp³-hybridized carbons (Fsp3) is 0.571. The standard InChI is InChI=1S/C21H31N3O3/c1-22-20(23-15-21(16-25)8-12-27-13-9-21)24-10-6-17(7-11-24)18-4-3-5-19(14-18)26-2/h3-6,14,25H,7-13,15-16H2,1-2H3,(H,22,23). The molecule has 0 unspecified atom stereocenters. The Bertz CT molecular complexity index is 681. The van der Waals surface area contributed by atoms with E-state index in [0.29, 0.717) is 0 Å². The molecule has 1 aromatic rings. The molecule has 2 N–H and O–H groups in total. The molecule has 2 aliphatic heterocycles. The van der Waals surface area contributed by atoms with E-state index in [1.807, 2.05) is 19.2 Å². The van der Waals surface area contributed by atoms with Crippen molar-refractivity contribution in [1.82, 2.24) is 10.2 Å². The highest BCUT2D eigenvalue weighted by Gasteiger charge is 2.32. The number of aliphatic hydroxyl groups is 1. The number of hydrogen-bond donors (Lipinski definition) is 2. The summed E-state index contributed by atoms with van der Waals surface area (Å²) in [6.45, 7) is 4.08. The highest BCUT2D eigenvalue weighted by atomic mass is 16.5. The molecule has 0 bridgehead atoms. The Morgan fingerprint density at radius 3 is 2.81 bits per heavy atom. The fourth-order valence-electron chi connectivity index (χ4n) is 3.74. The molecule has 148 valence electrons. The number of rotatable bonds is 5. The number of hydrogen-bond acceptors (Lipinski definition) is 4. The second-order valence-electron chi connectivity index (χ2n) is 7.33. The van der Waals surface area contributed by atoms with Gasteiger partial charge in [-0.05, 0) is 42.5 Å². The summed E-state index contributed by atoms with van der Waals surface area (Å²) in [5, 5.41) is 13.4. The van der Waals surface area contributed by atoms with Crippen LogP contribution in [0, 0.1) is 5.41 Å². The quantitative estimate of drug-likeness (QED) is 0.612. The molecule has 0 aromatic heterocycles. The van der Waals surface area contributed by atoms with Crippen LogP contribution in [0.3, 0.4) is 0 Å². The Kier molecular flexibility index (Phi) is 6.74. The average molecular weight is 373 g/mol. The zero-order valence-electron chi connectivity index (χ0n) is 16.4. The predicted octanol–water partition coefficient (Wildman–Crippen LogP) is 2.15. The largest absolute Gasteiger partial charge is 0.497 e. The first kappa shape index (κ1) is 19.7. The van der Waals surface area contributed by atoms with Crippen molar-refractivity contribution in [3.63, 3.8) is 0 Å². The van der Waals surface area contributed by atoms with Crippen LogP contribution in [0.2, 0.25) is 0 Å². The summed E-state index contributed by atoms with van der Waals surface area (Å²) in [6, 6.07) is 8.22. The maximum Gasteiger partial charge on any atom is 0.193 e. The van der Waals surface area contributed by atoms with Crippen molar-refractivity contribution in [1.29, 1.82) is 0 Å². The Morgan fingerprint density at radius 1 is 1.37 bits per heavy atom. The molecule has 2 heterocycles. The molecule has 6 heteroatoms. The number of nitrogens with zero attached hydrogens (tertiary/aromatic N) is 2. The molecule has 0 atom stereocenters. The minimum absolute atomic E-state index is 0.106. The molecule has 0 saturated carbocycles. The normalized spacial score (nSPS) is 20.2. The maximum atomic E-state index is 9.87. The first-order valence-corrected chi connectivity index (χ1v) is 9.67. The highest BCUT2D eigenvalue weighted by molar-refractivity contribution is 5.81. The van der Waals surface area contributed by atoms with Gasteiger partial charge in [-0.25, -0.2) is 0 Å². The molecule has 0 aliphatic carbocycles. The summed E-state index contributed by atoms with van der Waals surface area (Å²) in [5.74, 6) is 1.79. The summed E-state index contributed by atoms with van der Waals surface area (Å²) in [7, 11) is 3.52. The van der Waals surface area contributed by atoms with Crippen molar-refractivity contribution in [3.05, 3.63) is 35.9 Å². The molecular formula is C21H31N3O3. The van der Waals surface area contributed by atoms with Crippen LogP contribution in [-0.4, -0.2) is 69.6 Å². The summed E-state index contributed by atoms with van der Waals surface area (Å²) in [6.07, 6.45) is 5.00. The van der Waals surface area contributed by atoms with Crippen molar-refractivity contribution >= 4 is 11.5 Å². The van der Waals surface area contributed by atoms with Crippen LogP contribution in [0.1, 0.15) is 24.8 Å². The number of aliphatic hydroxyl groups excluding tert-OH is 1. The first-order chi connectivity index (χ1) is 13.2. The lowest BCUT2D eigenvalue weighted by atomic mass is 9.81. The molecule has 1 aromatic carbocycles. The molecule has 1 fully saturated rings. The van der Waals surface area contributed by atoms with E-state index in [-0.39, 0.29) is 12.0 Å². The monoisotopic (exact) mass is 373 g/mol. The average Bonchev–Trinajstić information content (AvgIpc) is 2.75. The van der Waals surface area contributed by atoms with Gasteiger partial charge in [0.25, 0.3) is 0 Å². The van der Waals surface area contributed by atoms with Gasteiger partial charge >= 0.3 is 0 Å². The number of guanidine groups is 1. The van der Waals surface area contributed by atoms with Crippen LogP contribution in [0.15, 0.2) is 35.3 Å². The van der Waals surface area contributed by atoms with E-state index in [1.54, 1.807) is 7.11 Å². The number of ether oxygens (including phenoxy) is 2. The lowest BCUT2D eigenvalue weighted by molar-refractivity contribution is -0.0134. The van der Waals surface area contributed by atoms with E-state index in [4.69, 9.17) is 9.47 Å². The van der Waals surface area contributed by atoms with Crippen LogP contribution in [0.5, 0.6) is 5.75 Å². The summed E-state index contributed by atoms with van der Waals surface area (Å²) >= 11 is 0. The molecule has 6 nitrogen and oxygen atoms in total. The van der Waals surface area contributed by atoms with Crippen LogP contribution < -0.4 is 10.1 Å². The Morgan fingerprint density at radius 2 is 2.19 bits per heavy atom. The molecule has 1 saturated heterocycles. The van der Waals surface area contributed by atoms with Crippen molar-refractivity contribution in [2.45, 2.75) is 19.3 Å². The van der Waals surface area contributed by atoms with Crippen LogP contribution in [-0.2, 0) is 4.74 Å². The van der Waals surface area contributed by atoms with Gasteiger partial charge in [0.2, 0.25) is 0 Å². The third-order valence-electron chi connectivity index (χ3n) is 5.67. The Labute approximate surface area is 161 Å². The maximum absolute atomic E-state index is 9.87. The van der Waals surface area contributed by atoms with Gasteiger partial charge in [-0.3, -0.25) is 4.99 Å². The van der Waals surface area contributed by atoms with Crippen molar-refractivity contribution in [2.24, 2.45) is 10.4 Å². The molecule has 3 rings (SSSR count). The SMILES string of the molecule is CN=C(NCC1(CO)CCOCC1)N1CC=C(c2cccc(OC)c2)CC1. The number of aliphatic imine (C=N–C) groups is 1. The Hall–Kier alpha value is -2.05. The summed E-state index contributed by atoms with van der Waals surface area (Å²) < 4.78 is 10.8. The molecule has 0 radical (unpaired) electrons. The third kappa shape index (κ3) is 4.82. The van der Waals surface area contributed by atoms with E-state index >= 15 is 0 Å². The first-order valence-electron chi connectivity index (χ1n) is 9.67. The van der Waals surface area contributed by atoms with Crippen LogP contribution in [0.4, 0.5) is 0 Å². The van der Waals surface area contributed by atoms with Gasteiger partial charge in [-0.1, -0.05) is 18.2 Å². The van der Waals surface area contributed by atoms with Gasteiger partial charge in [0, 0.05) is 45.3 Å². The number of nitrogens with one attached hydrogen (secondary N) is 1. The fourth-order valence-corrected chi connectivity index (χ4v) is 3.74. The van der Waals surface area contributed by atoms with Gasteiger partial charge in [0.05, 0.1) is 13.7 Å². The van der Waals surface area contributed by atoms with Gasteiger partial charge in [0.1, 0.15) is 5.75 Å². The van der Waals surface area contributed by atoms with E-state index in [1.165, 1.54) is 11.1 Å². The van der Waals surface area contributed by atoms with Crippen molar-refractivity contribution in [2.75, 3.05) is 53.6 Å². The second-order valence-corrected chi connectivity index (χ2v) is 7.33. The lowest BCUT2D eigenvalue weighted by Crippen LogP contribution is -2.49. The van der Waals surface area contributed by atoms with Gasteiger partial charge in [0.15, 0.2) is 5.96 Å². The van der Waals surface area contributed by atoms with Crippen LogP contribution in [0.25, 0.3) is 5.57 Å². The number of methoxy groups -OCH3 is 1. The summed E-state index contributed by atoms with van der Waals surface area (Å²) in [5.41, 5.74) is 2.46. The smallest absolute Gasteiger partial charge is 0.193 e. The van der Waals surface area contributed by atoms with Crippen molar-refractivity contribution in [3.8, 4) is 5.75 Å². The van der Waals surface area contributed by atoms with Crippen LogP contribution >= 0.6 is 0 Å². The Balaban J connectivity index is 1.60. The molecule has 0 amide bonds. The number of benzene rings is 1. The van der Waals surface area contributed by atoms with Gasteiger partial charge in [-0.15, -0.1) is 0 Å². The molecule has 27 heavy (non-hydrogen) atoms. The van der Waals surface area contributed by atoms with E-state index in [0.717, 1.165) is 63.8 Å². The highest BCUT2D eigenvalue weighted by Crippen LogP contribution is 2.29. The second kappa shape index (κ2) is 9.24. The lowest BCUT2D eigenvalue weighted by Gasteiger charge is -2.37. The molecular weight excluding hydrogens is 342 g/mol. The minimum Gasteiger partial charge on any atom is -0.497 e. The molecule has 2 aliphatic rings. The zero-order chi connectivity index (χ0) is 19.1. The van der Waals surface area contributed by atoms with E-state index in [9.17, 15) is 5.11 Å². The zero-order valence-corrected chi connectivity index (χ0v) is 16.4. The predicted molar refractivity (Wildman–Crippen MR) is 108 cm³/mol. The van der Waals surface area contributed by atoms with Gasteiger partial charge < -0.3 is 24.8 Å². The van der Waals surface area contributed by atoms with Gasteiger partial charge in [-0.2, -0.15) is 0 Å². The third-order valence-corrected chi connectivity index (χ3v) is 5.67. The van der Waals surface area contributed by atoms with Crippen molar-refractivity contribution < 1.29 is 14.6 Å². The minimum atomic E-state index is -0.106. The van der Waals surface area contributed by atoms with E-state index < -0.39 is 0 Å². The van der Waals surface area contributed by atoms with E-state index in [2.05, 4.69) is 33.4 Å².